The molecule has 0 aromatic heterocycles. The molecule has 0 saturated heterocycles. The van der Waals surface area contributed by atoms with Crippen molar-refractivity contribution in [1.29, 1.82) is 0 Å². The van der Waals surface area contributed by atoms with Crippen molar-refractivity contribution >= 4 is 60.0 Å². The summed E-state index contributed by atoms with van der Waals surface area (Å²) in [4.78, 5) is 8.16. The summed E-state index contributed by atoms with van der Waals surface area (Å²) < 4.78 is 8.30. The summed E-state index contributed by atoms with van der Waals surface area (Å²) in [5.41, 5.74) is 21.5. The molecule has 0 saturated carbocycles. The summed E-state index contributed by atoms with van der Waals surface area (Å²) in [6.45, 7) is 44.4. The second kappa shape index (κ2) is 22.2. The molecule has 0 unspecified atom stereocenters. The number of hydrogen-bond donors (Lipinski definition) is 0. The average molecular weight is 979 g/mol. The van der Waals surface area contributed by atoms with Crippen LogP contribution in [0.5, 0.6) is 0 Å². The van der Waals surface area contributed by atoms with Gasteiger partial charge in [-0.3, -0.25) is 0 Å². The van der Waals surface area contributed by atoms with Crippen molar-refractivity contribution in [2.75, 3.05) is 11.6 Å². The first kappa shape index (κ1) is 51.2. The quantitative estimate of drug-likeness (QED) is 0.0777. The molecule has 0 fully saturated rings. The Bertz CT molecular complexity index is 2270. The van der Waals surface area contributed by atoms with Gasteiger partial charge in [0.2, 0.25) is 0 Å². The van der Waals surface area contributed by atoms with Gasteiger partial charge in [0.1, 0.15) is 0 Å². The van der Waals surface area contributed by atoms with Gasteiger partial charge in [0.05, 0.1) is 0 Å². The topological polar surface area (TPSA) is 22.1 Å². The summed E-state index contributed by atoms with van der Waals surface area (Å²) >= 11 is -1.85. The number of allylic oxidation sites excluding steroid dienone is 4. The van der Waals surface area contributed by atoms with Gasteiger partial charge in [0, 0.05) is 0 Å². The minimum absolute atomic E-state index is 0.354. The van der Waals surface area contributed by atoms with Gasteiger partial charge < -0.3 is 0 Å². The van der Waals surface area contributed by atoms with Gasteiger partial charge in [-0.2, -0.15) is 0 Å². The zero-order valence-electron chi connectivity index (χ0n) is 43.1. The van der Waals surface area contributed by atoms with Gasteiger partial charge in [-0.25, -0.2) is 0 Å². The van der Waals surface area contributed by atoms with Crippen LogP contribution in [0, 0.1) is 0 Å². The second-order valence-electron chi connectivity index (χ2n) is 20.5. The number of rotatable bonds is 17. The van der Waals surface area contributed by atoms with E-state index in [1.54, 1.807) is 0 Å². The SMILES string of the molecule is CC1=CC([N]([Ge][N](/C(C)=C/C(C)=Nc2c(C(C)C)cccc2C(C)C)c2c(C(C)C)cccc2C(C)C)c2c(C(C)C)cccc2C(C)C)=[CH][Ge][N]1c1c(C(C)C)cccc1C(C)C. The van der Waals surface area contributed by atoms with Crippen molar-refractivity contribution in [3.63, 3.8) is 0 Å². The molecule has 64 heavy (non-hydrogen) atoms. The molecule has 340 valence electrons. The Morgan fingerprint density at radius 1 is 0.531 bits per heavy atom. The van der Waals surface area contributed by atoms with E-state index in [0.717, 1.165) is 11.4 Å². The van der Waals surface area contributed by atoms with Crippen molar-refractivity contribution in [3.05, 3.63) is 151 Å². The summed E-state index contributed by atoms with van der Waals surface area (Å²) in [6, 6.07) is 27.9. The Kier molecular flexibility index (Phi) is 17.7. The molecule has 4 aromatic rings. The molecule has 0 spiro atoms. The van der Waals surface area contributed by atoms with E-state index in [9.17, 15) is 0 Å². The molecule has 6 heteroatoms. The summed E-state index contributed by atoms with van der Waals surface area (Å²) in [6.07, 6.45) is 4.90. The number of nitrogens with zero attached hydrogens (tertiary/aromatic N) is 4. The van der Waals surface area contributed by atoms with Crippen LogP contribution in [0.1, 0.15) is 223 Å². The first-order valence-electron chi connectivity index (χ1n) is 24.2. The molecule has 4 radical (unpaired) electrons. The first-order valence-corrected chi connectivity index (χ1v) is 28.2. The fourth-order valence-electron chi connectivity index (χ4n) is 9.09. The van der Waals surface area contributed by atoms with E-state index in [-0.39, 0.29) is 0 Å². The van der Waals surface area contributed by atoms with Gasteiger partial charge in [-0.15, -0.1) is 0 Å². The standard InChI is InChI=1S/C58H80Ge2N4/c1-35(2)47-24-20-25-48(36(3)4)55(47)61-43(17)32-44(18)63(57-51(39(9)10)28-22-29-52(57)40(11)12)60-64(58-53(41(13)14)30-23-31-54(58)42(15)16)46-33-45(19)62(59-34-46)56-49(37(5)6)26-21-27-50(56)38(7)8/h20-42H,1-19H3/b44-32+,61-43?. The van der Waals surface area contributed by atoms with Crippen LogP contribution in [0.15, 0.2) is 112 Å². The van der Waals surface area contributed by atoms with Crippen LogP contribution in [0.4, 0.5) is 22.7 Å². The van der Waals surface area contributed by atoms with Crippen LogP contribution in [-0.4, -0.2) is 37.2 Å². The molecule has 0 bridgehead atoms. The maximum absolute atomic E-state index is 5.51. The van der Waals surface area contributed by atoms with E-state index in [0.29, 0.717) is 47.3 Å². The maximum atomic E-state index is 5.51. The molecule has 4 nitrogen and oxygen atoms in total. The Labute approximate surface area is 404 Å². The number of anilines is 3. The van der Waals surface area contributed by atoms with Crippen molar-refractivity contribution < 1.29 is 0 Å². The molecule has 4 aromatic carbocycles. The summed E-state index contributed by atoms with van der Waals surface area (Å²) in [5, 5.41) is 0. The van der Waals surface area contributed by atoms with Gasteiger partial charge in [0.25, 0.3) is 0 Å². The zero-order valence-corrected chi connectivity index (χ0v) is 47.3. The molecule has 1 heterocycles. The third-order valence-electron chi connectivity index (χ3n) is 12.6. The van der Waals surface area contributed by atoms with Crippen molar-refractivity contribution in [1.82, 2.24) is 0 Å². The number of aliphatic imine (C=N–C) groups is 1. The number of para-hydroxylation sites is 4. The Morgan fingerprint density at radius 3 is 1.27 bits per heavy atom. The molecular weight excluding hydrogens is 898 g/mol. The van der Waals surface area contributed by atoms with Crippen molar-refractivity contribution in [3.8, 4) is 0 Å². The summed E-state index contributed by atoms with van der Waals surface area (Å²) in [7, 11) is 0. The van der Waals surface area contributed by atoms with Gasteiger partial charge in [-0.05, 0) is 0 Å². The van der Waals surface area contributed by atoms with Gasteiger partial charge >= 0.3 is 407 Å². The fraction of sp³-hybridized carbons (Fsp3) is 0.466. The van der Waals surface area contributed by atoms with E-state index >= 15 is 0 Å². The molecule has 1 aliphatic rings. The number of hydrogen-bond acceptors (Lipinski definition) is 4. The van der Waals surface area contributed by atoms with Crippen molar-refractivity contribution in [2.45, 2.75) is 179 Å². The van der Waals surface area contributed by atoms with E-state index in [1.807, 2.05) is 0 Å². The number of benzene rings is 4. The molecule has 0 amide bonds. The summed E-state index contributed by atoms with van der Waals surface area (Å²) in [5.74, 6) is 3.07. The predicted molar refractivity (Wildman–Crippen MR) is 286 cm³/mol. The molecule has 5 rings (SSSR count). The third kappa shape index (κ3) is 11.4. The Balaban J connectivity index is 1.82. The van der Waals surface area contributed by atoms with Gasteiger partial charge in [-0.1, -0.05) is 0 Å². The van der Waals surface area contributed by atoms with E-state index in [1.165, 1.54) is 78.7 Å². The second-order valence-corrected chi connectivity index (χ2v) is 24.9. The van der Waals surface area contributed by atoms with Crippen LogP contribution in [0.3, 0.4) is 0 Å². The van der Waals surface area contributed by atoms with Crippen LogP contribution in [0.25, 0.3) is 0 Å². The zero-order chi connectivity index (χ0) is 47.3. The van der Waals surface area contributed by atoms with Crippen LogP contribution in [0.2, 0.25) is 0 Å². The Morgan fingerprint density at radius 2 is 0.891 bits per heavy atom. The molecule has 0 atom stereocenters. The van der Waals surface area contributed by atoms with E-state index in [2.05, 4.69) is 233 Å². The third-order valence-corrected chi connectivity index (χ3v) is 18.3. The first-order chi connectivity index (χ1) is 30.2. The molecule has 0 aliphatic carbocycles. The van der Waals surface area contributed by atoms with Crippen LogP contribution in [-0.2, 0) is 0 Å². The minimum atomic E-state index is -1.13. The Hall–Kier alpha value is -3.74. The van der Waals surface area contributed by atoms with Crippen LogP contribution < -0.4 is 11.6 Å². The molecule has 0 N–H and O–H groups in total. The van der Waals surface area contributed by atoms with Crippen LogP contribution >= 0.6 is 0 Å². The normalized spacial score (nSPS) is 14.1. The van der Waals surface area contributed by atoms with E-state index in [4.69, 9.17) is 4.99 Å². The average Bonchev–Trinajstić information content (AvgIpc) is 3.22. The molecule has 1 aliphatic heterocycles. The molecular formula is C58H80Ge2N4. The fourth-order valence-corrected chi connectivity index (χ4v) is 14.9. The van der Waals surface area contributed by atoms with E-state index < -0.39 is 31.5 Å². The predicted octanol–water partition coefficient (Wildman–Crippen LogP) is 17.1. The van der Waals surface area contributed by atoms with Crippen molar-refractivity contribution in [2.24, 2.45) is 4.99 Å². The van der Waals surface area contributed by atoms with Gasteiger partial charge in [0.15, 0.2) is 0 Å². The monoisotopic (exact) mass is 980 g/mol.